The Balaban J connectivity index is 1.56. The van der Waals surface area contributed by atoms with Gasteiger partial charge in [-0.2, -0.15) is 0 Å². The van der Waals surface area contributed by atoms with E-state index in [0.717, 1.165) is 30.2 Å². The van der Waals surface area contributed by atoms with Gasteiger partial charge < -0.3 is 15.5 Å². The van der Waals surface area contributed by atoms with Gasteiger partial charge in [0.25, 0.3) is 0 Å². The Labute approximate surface area is 156 Å². The summed E-state index contributed by atoms with van der Waals surface area (Å²) in [6.07, 6.45) is 4.48. The summed E-state index contributed by atoms with van der Waals surface area (Å²) in [6, 6.07) is 16.5. The molecule has 26 heavy (non-hydrogen) atoms. The molecule has 0 radical (unpaired) electrons. The van der Waals surface area contributed by atoms with Crippen LogP contribution in [0.3, 0.4) is 0 Å². The van der Waals surface area contributed by atoms with E-state index in [-0.39, 0.29) is 5.91 Å². The first-order chi connectivity index (χ1) is 12.6. The second-order valence-electron chi connectivity index (χ2n) is 7.44. The summed E-state index contributed by atoms with van der Waals surface area (Å²) in [7, 11) is 0. The van der Waals surface area contributed by atoms with Gasteiger partial charge in [-0.15, -0.1) is 0 Å². The minimum atomic E-state index is 0.0639. The number of carbonyl (C=O) groups is 1. The summed E-state index contributed by atoms with van der Waals surface area (Å²) in [5, 5.41) is 6.35. The molecule has 1 aliphatic heterocycles. The molecule has 1 aliphatic rings. The monoisotopic (exact) mass is 351 g/mol. The highest BCUT2D eigenvalue weighted by molar-refractivity contribution is 5.91. The standard InChI is InChI=1S/C22H29N3O/c1-17(2)16-22(26)24-20-8-6-18(7-9-20)23-19-10-12-21(13-11-19)25-14-4-3-5-15-25/h6-13,17,23H,3-5,14-16H2,1-2H3,(H,24,26). The molecule has 1 saturated heterocycles. The Kier molecular flexibility index (Phi) is 6.16. The van der Waals surface area contributed by atoms with Crippen molar-refractivity contribution in [2.45, 2.75) is 39.5 Å². The number of piperidine rings is 1. The third kappa shape index (κ3) is 5.25. The highest BCUT2D eigenvalue weighted by Crippen LogP contribution is 2.24. The molecule has 1 heterocycles. The summed E-state index contributed by atoms with van der Waals surface area (Å²) in [6.45, 7) is 6.42. The minimum absolute atomic E-state index is 0.0639. The molecule has 0 aliphatic carbocycles. The molecule has 4 heteroatoms. The fraction of sp³-hybridized carbons (Fsp3) is 0.409. The first-order valence-corrected chi connectivity index (χ1v) is 9.62. The summed E-state index contributed by atoms with van der Waals surface area (Å²) in [4.78, 5) is 14.3. The molecule has 2 N–H and O–H groups in total. The van der Waals surface area contributed by atoms with Gasteiger partial charge >= 0.3 is 0 Å². The quantitative estimate of drug-likeness (QED) is 0.732. The number of nitrogens with zero attached hydrogens (tertiary/aromatic N) is 1. The van der Waals surface area contributed by atoms with Crippen LogP contribution in [-0.4, -0.2) is 19.0 Å². The van der Waals surface area contributed by atoms with E-state index in [1.54, 1.807) is 0 Å². The molecule has 2 aromatic rings. The summed E-state index contributed by atoms with van der Waals surface area (Å²) < 4.78 is 0. The molecule has 4 nitrogen and oxygen atoms in total. The average Bonchev–Trinajstić information content (AvgIpc) is 2.64. The Bertz CT molecular complexity index is 701. The number of nitrogens with one attached hydrogen (secondary N) is 2. The van der Waals surface area contributed by atoms with Crippen LogP contribution in [0.5, 0.6) is 0 Å². The Morgan fingerprint density at radius 3 is 2.00 bits per heavy atom. The maximum Gasteiger partial charge on any atom is 0.224 e. The molecule has 3 rings (SSSR count). The fourth-order valence-corrected chi connectivity index (χ4v) is 3.29. The maximum atomic E-state index is 11.8. The molecule has 0 bridgehead atoms. The van der Waals surface area contributed by atoms with E-state index in [2.05, 4.69) is 39.8 Å². The average molecular weight is 351 g/mol. The third-order valence-corrected chi connectivity index (χ3v) is 4.64. The maximum absolute atomic E-state index is 11.8. The van der Waals surface area contributed by atoms with Crippen LogP contribution in [0.25, 0.3) is 0 Å². The van der Waals surface area contributed by atoms with Crippen molar-refractivity contribution < 1.29 is 4.79 Å². The number of benzene rings is 2. The molecule has 2 aromatic carbocycles. The van der Waals surface area contributed by atoms with Gasteiger partial charge in [-0.05, 0) is 73.7 Å². The predicted molar refractivity (Wildman–Crippen MR) is 110 cm³/mol. The summed E-state index contributed by atoms with van der Waals surface area (Å²) in [5.41, 5.74) is 4.22. The van der Waals surface area contributed by atoms with Crippen LogP contribution in [0, 0.1) is 5.92 Å². The molecule has 1 fully saturated rings. The van der Waals surface area contributed by atoms with Crippen LogP contribution < -0.4 is 15.5 Å². The van der Waals surface area contributed by atoms with Crippen molar-refractivity contribution in [2.75, 3.05) is 28.6 Å². The third-order valence-electron chi connectivity index (χ3n) is 4.64. The van der Waals surface area contributed by atoms with Gasteiger partial charge in [0.15, 0.2) is 0 Å². The van der Waals surface area contributed by atoms with Crippen LogP contribution in [0.1, 0.15) is 39.5 Å². The van der Waals surface area contributed by atoms with E-state index in [1.165, 1.54) is 24.9 Å². The van der Waals surface area contributed by atoms with Crippen molar-refractivity contribution in [1.82, 2.24) is 0 Å². The van der Waals surface area contributed by atoms with Crippen molar-refractivity contribution in [3.63, 3.8) is 0 Å². The predicted octanol–water partition coefficient (Wildman–Crippen LogP) is 5.41. The topological polar surface area (TPSA) is 44.4 Å². The molecular weight excluding hydrogens is 322 g/mol. The molecular formula is C22H29N3O. The number of anilines is 4. The molecule has 0 atom stereocenters. The van der Waals surface area contributed by atoms with Crippen LogP contribution in [0.15, 0.2) is 48.5 Å². The summed E-state index contributed by atoms with van der Waals surface area (Å²) >= 11 is 0. The second kappa shape index (κ2) is 8.75. The zero-order chi connectivity index (χ0) is 18.4. The van der Waals surface area contributed by atoms with Crippen LogP contribution in [0.4, 0.5) is 22.7 Å². The highest BCUT2D eigenvalue weighted by atomic mass is 16.1. The number of hydrogen-bond acceptors (Lipinski definition) is 3. The van der Waals surface area contributed by atoms with E-state index in [9.17, 15) is 4.79 Å². The smallest absolute Gasteiger partial charge is 0.224 e. The first kappa shape index (κ1) is 18.3. The van der Waals surface area contributed by atoms with Crippen molar-refractivity contribution >= 4 is 28.7 Å². The lowest BCUT2D eigenvalue weighted by molar-refractivity contribution is -0.116. The van der Waals surface area contributed by atoms with E-state index in [0.29, 0.717) is 12.3 Å². The van der Waals surface area contributed by atoms with Gasteiger partial charge in [-0.1, -0.05) is 13.8 Å². The fourth-order valence-electron chi connectivity index (χ4n) is 3.29. The molecule has 0 aromatic heterocycles. The zero-order valence-corrected chi connectivity index (χ0v) is 15.8. The second-order valence-corrected chi connectivity index (χ2v) is 7.44. The number of hydrogen-bond donors (Lipinski definition) is 2. The van der Waals surface area contributed by atoms with Crippen LogP contribution >= 0.6 is 0 Å². The van der Waals surface area contributed by atoms with Crippen LogP contribution in [-0.2, 0) is 4.79 Å². The van der Waals surface area contributed by atoms with Gasteiger partial charge in [0, 0.05) is 42.3 Å². The molecule has 0 spiro atoms. The largest absolute Gasteiger partial charge is 0.372 e. The van der Waals surface area contributed by atoms with Crippen LogP contribution in [0.2, 0.25) is 0 Å². The molecule has 0 saturated carbocycles. The lowest BCUT2D eigenvalue weighted by Gasteiger charge is -2.28. The van der Waals surface area contributed by atoms with E-state index in [1.807, 2.05) is 38.1 Å². The lowest BCUT2D eigenvalue weighted by atomic mass is 10.1. The van der Waals surface area contributed by atoms with Gasteiger partial charge in [0.1, 0.15) is 0 Å². The Morgan fingerprint density at radius 2 is 1.42 bits per heavy atom. The minimum Gasteiger partial charge on any atom is -0.372 e. The summed E-state index contributed by atoms with van der Waals surface area (Å²) in [5.74, 6) is 0.429. The van der Waals surface area contributed by atoms with Gasteiger partial charge in [0.05, 0.1) is 0 Å². The zero-order valence-electron chi connectivity index (χ0n) is 15.8. The van der Waals surface area contributed by atoms with E-state index >= 15 is 0 Å². The highest BCUT2D eigenvalue weighted by Gasteiger charge is 2.10. The van der Waals surface area contributed by atoms with Crippen molar-refractivity contribution in [3.05, 3.63) is 48.5 Å². The number of rotatable bonds is 6. The molecule has 138 valence electrons. The normalized spacial score (nSPS) is 14.3. The number of amides is 1. The van der Waals surface area contributed by atoms with E-state index in [4.69, 9.17) is 0 Å². The molecule has 0 unspecified atom stereocenters. The van der Waals surface area contributed by atoms with Crippen molar-refractivity contribution in [1.29, 1.82) is 0 Å². The molecule has 1 amide bonds. The van der Waals surface area contributed by atoms with Gasteiger partial charge in [-0.25, -0.2) is 0 Å². The van der Waals surface area contributed by atoms with Crippen molar-refractivity contribution in [2.24, 2.45) is 5.92 Å². The lowest BCUT2D eigenvalue weighted by Crippen LogP contribution is -2.29. The number of carbonyl (C=O) groups excluding carboxylic acids is 1. The van der Waals surface area contributed by atoms with Gasteiger partial charge in [-0.3, -0.25) is 4.79 Å². The van der Waals surface area contributed by atoms with E-state index < -0.39 is 0 Å². The Hall–Kier alpha value is -2.49. The Morgan fingerprint density at radius 1 is 0.885 bits per heavy atom. The van der Waals surface area contributed by atoms with Crippen molar-refractivity contribution in [3.8, 4) is 0 Å². The first-order valence-electron chi connectivity index (χ1n) is 9.62. The van der Waals surface area contributed by atoms with Gasteiger partial charge in [0.2, 0.25) is 5.91 Å². The SMILES string of the molecule is CC(C)CC(=O)Nc1ccc(Nc2ccc(N3CCCCC3)cc2)cc1.